The van der Waals surface area contributed by atoms with Crippen molar-refractivity contribution in [2.75, 3.05) is 6.54 Å². The van der Waals surface area contributed by atoms with Gasteiger partial charge in [0, 0.05) is 25.1 Å². The second kappa shape index (κ2) is 9.15. The van der Waals surface area contributed by atoms with Crippen LogP contribution in [-0.2, 0) is 20.8 Å². The quantitative estimate of drug-likeness (QED) is 0.442. The van der Waals surface area contributed by atoms with E-state index in [1.54, 1.807) is 13.1 Å². The molecule has 0 aliphatic carbocycles. The van der Waals surface area contributed by atoms with Gasteiger partial charge in [0.1, 0.15) is 6.04 Å². The van der Waals surface area contributed by atoms with Gasteiger partial charge >= 0.3 is 5.97 Å². The number of aliphatic carboxylic acids is 1. The van der Waals surface area contributed by atoms with Crippen molar-refractivity contribution in [2.45, 2.75) is 19.4 Å². The molecule has 0 radical (unpaired) electrons. The van der Waals surface area contributed by atoms with Crippen LogP contribution in [-0.4, -0.2) is 40.4 Å². The van der Waals surface area contributed by atoms with E-state index in [1.165, 1.54) is 0 Å². The first-order chi connectivity index (χ1) is 12.9. The summed E-state index contributed by atoms with van der Waals surface area (Å²) >= 11 is 0. The highest BCUT2D eigenvalue weighted by molar-refractivity contribution is 5.97. The van der Waals surface area contributed by atoms with Crippen LogP contribution in [0.25, 0.3) is 10.8 Å². The van der Waals surface area contributed by atoms with Gasteiger partial charge in [-0.25, -0.2) is 9.69 Å². The molecule has 7 heteroatoms. The molecule has 0 spiro atoms. The summed E-state index contributed by atoms with van der Waals surface area (Å²) in [5, 5.41) is 22.3. The van der Waals surface area contributed by atoms with E-state index < -0.39 is 23.8 Å². The van der Waals surface area contributed by atoms with Crippen molar-refractivity contribution in [3.63, 3.8) is 0 Å². The number of rotatable bonds is 7. The average Bonchev–Trinajstić information content (AvgIpc) is 2.66. The third kappa shape index (κ3) is 5.41. The number of carbonyl (C=O) groups is 3. The summed E-state index contributed by atoms with van der Waals surface area (Å²) in [5.74, 6) is -2.54. The Morgan fingerprint density at radius 1 is 1.19 bits per heavy atom. The van der Waals surface area contributed by atoms with Crippen molar-refractivity contribution < 1.29 is 19.5 Å². The predicted octanol–water partition coefficient (Wildman–Crippen LogP) is 1.84. The molecule has 7 nitrogen and oxygen atoms in total. The fraction of sp³-hybridized carbons (Fsp3) is 0.200. The average molecular weight is 365 g/mol. The summed E-state index contributed by atoms with van der Waals surface area (Å²) in [6.07, 6.45) is 3.49. The maximum Gasteiger partial charge on any atom is 0.328 e. The van der Waals surface area contributed by atoms with Crippen LogP contribution in [0.5, 0.6) is 0 Å². The minimum atomic E-state index is -1.27. The molecule has 1 unspecified atom stereocenters. The Morgan fingerprint density at radius 2 is 1.89 bits per heavy atom. The molecule has 138 valence electrons. The summed E-state index contributed by atoms with van der Waals surface area (Å²) in [5.41, 5.74) is 0.809. The number of carboxylic acids is 1. The summed E-state index contributed by atoms with van der Waals surface area (Å²) in [6, 6.07) is 12.4. The molecule has 0 heterocycles. The highest BCUT2D eigenvalue weighted by atomic mass is 16.4. The lowest BCUT2D eigenvalue weighted by atomic mass is 10.0. The molecular weight excluding hydrogens is 346 g/mol. The number of hydrogen-bond donors (Lipinski definition) is 2. The molecule has 0 aliphatic rings. The molecule has 0 aliphatic heterocycles. The first-order valence-electron chi connectivity index (χ1n) is 8.35. The zero-order valence-corrected chi connectivity index (χ0v) is 14.8. The van der Waals surface area contributed by atoms with Crippen molar-refractivity contribution in [3.05, 3.63) is 60.2 Å². The van der Waals surface area contributed by atoms with E-state index in [1.807, 2.05) is 42.5 Å². The lowest BCUT2D eigenvalue weighted by molar-refractivity contribution is -0.132. The van der Waals surface area contributed by atoms with Crippen LogP contribution in [0.15, 0.2) is 54.6 Å². The Bertz CT molecular complexity index is 930. The Labute approximate surface area is 156 Å². The third-order valence-corrected chi connectivity index (χ3v) is 3.95. The standard InChI is InChI=1S/C20H19N3O4/c1-2-23(13-21)20(27)17(22-18(24)9-10-19(25)26)12-14-7-8-15-5-3-4-6-16(15)11-14/h3-11,17H,2,12H2,1H3,(H,22,24)(H,25,26). The summed E-state index contributed by atoms with van der Waals surface area (Å²) in [6.45, 7) is 1.82. The van der Waals surface area contributed by atoms with Crippen LogP contribution in [0.1, 0.15) is 12.5 Å². The van der Waals surface area contributed by atoms with Gasteiger partial charge in [-0.05, 0) is 23.3 Å². The van der Waals surface area contributed by atoms with Gasteiger partial charge in [-0.2, -0.15) is 5.26 Å². The number of nitrogens with zero attached hydrogens (tertiary/aromatic N) is 2. The number of fused-ring (bicyclic) bond motifs is 1. The normalized spacial score (nSPS) is 11.7. The van der Waals surface area contributed by atoms with E-state index in [0.717, 1.165) is 27.3 Å². The number of hydrogen-bond acceptors (Lipinski definition) is 4. The highest BCUT2D eigenvalue weighted by Crippen LogP contribution is 2.17. The fourth-order valence-electron chi connectivity index (χ4n) is 2.63. The number of carboxylic acid groups (broad SMARTS) is 1. The monoisotopic (exact) mass is 365 g/mol. The van der Waals surface area contributed by atoms with E-state index in [9.17, 15) is 14.4 Å². The number of nitriles is 1. The first-order valence-corrected chi connectivity index (χ1v) is 8.35. The maximum absolute atomic E-state index is 12.6. The molecule has 0 bridgehead atoms. The van der Waals surface area contributed by atoms with Gasteiger partial charge in [0.2, 0.25) is 5.91 Å². The van der Waals surface area contributed by atoms with E-state index in [4.69, 9.17) is 10.4 Å². The number of likely N-dealkylation sites (N-methyl/N-ethyl adjacent to an activating group) is 1. The molecule has 2 amide bonds. The van der Waals surface area contributed by atoms with Crippen LogP contribution in [0.2, 0.25) is 0 Å². The van der Waals surface area contributed by atoms with E-state index >= 15 is 0 Å². The summed E-state index contributed by atoms with van der Waals surface area (Å²) < 4.78 is 0. The second-order valence-electron chi connectivity index (χ2n) is 5.80. The molecule has 27 heavy (non-hydrogen) atoms. The lowest BCUT2D eigenvalue weighted by Gasteiger charge is -2.21. The zero-order valence-electron chi connectivity index (χ0n) is 14.8. The molecule has 2 aromatic carbocycles. The fourth-order valence-corrected chi connectivity index (χ4v) is 2.63. The molecule has 2 aromatic rings. The minimum absolute atomic E-state index is 0.171. The largest absolute Gasteiger partial charge is 0.478 e. The summed E-state index contributed by atoms with van der Waals surface area (Å²) in [7, 11) is 0. The molecule has 0 aromatic heterocycles. The third-order valence-electron chi connectivity index (χ3n) is 3.95. The van der Waals surface area contributed by atoms with Crippen LogP contribution < -0.4 is 5.32 Å². The van der Waals surface area contributed by atoms with Crippen LogP contribution in [0.3, 0.4) is 0 Å². The Kier molecular flexibility index (Phi) is 6.67. The van der Waals surface area contributed by atoms with Gasteiger partial charge in [0.15, 0.2) is 6.19 Å². The second-order valence-corrected chi connectivity index (χ2v) is 5.80. The van der Waals surface area contributed by atoms with Crippen molar-refractivity contribution in [1.29, 1.82) is 5.26 Å². The van der Waals surface area contributed by atoms with Gasteiger partial charge in [-0.15, -0.1) is 0 Å². The van der Waals surface area contributed by atoms with Gasteiger partial charge in [0.25, 0.3) is 5.91 Å². The van der Waals surface area contributed by atoms with Gasteiger partial charge < -0.3 is 10.4 Å². The van der Waals surface area contributed by atoms with Crippen molar-refractivity contribution >= 4 is 28.6 Å². The van der Waals surface area contributed by atoms with Gasteiger partial charge in [-0.1, -0.05) is 42.5 Å². The van der Waals surface area contributed by atoms with Crippen molar-refractivity contribution in [2.24, 2.45) is 0 Å². The van der Waals surface area contributed by atoms with Gasteiger partial charge in [-0.3, -0.25) is 9.59 Å². The zero-order chi connectivity index (χ0) is 19.8. The van der Waals surface area contributed by atoms with E-state index in [-0.39, 0.29) is 13.0 Å². The predicted molar refractivity (Wildman–Crippen MR) is 99.4 cm³/mol. The Hall–Kier alpha value is -3.66. The minimum Gasteiger partial charge on any atom is -0.478 e. The lowest BCUT2D eigenvalue weighted by Crippen LogP contribution is -2.48. The smallest absolute Gasteiger partial charge is 0.328 e. The van der Waals surface area contributed by atoms with E-state index in [0.29, 0.717) is 6.08 Å². The SMILES string of the molecule is CCN(C#N)C(=O)C(Cc1ccc2ccccc2c1)NC(=O)C=CC(=O)O. The summed E-state index contributed by atoms with van der Waals surface area (Å²) in [4.78, 5) is 36.1. The molecule has 0 saturated heterocycles. The number of nitrogens with one attached hydrogen (secondary N) is 1. The molecule has 2 N–H and O–H groups in total. The Morgan fingerprint density at radius 3 is 2.52 bits per heavy atom. The number of amides is 2. The van der Waals surface area contributed by atoms with Crippen LogP contribution >= 0.6 is 0 Å². The van der Waals surface area contributed by atoms with Crippen molar-refractivity contribution in [3.8, 4) is 6.19 Å². The van der Waals surface area contributed by atoms with E-state index in [2.05, 4.69) is 5.32 Å². The highest BCUT2D eigenvalue weighted by Gasteiger charge is 2.25. The van der Waals surface area contributed by atoms with Gasteiger partial charge in [0.05, 0.1) is 0 Å². The molecule has 0 fully saturated rings. The van der Waals surface area contributed by atoms with Crippen LogP contribution in [0, 0.1) is 11.5 Å². The topological polar surface area (TPSA) is 111 Å². The first kappa shape index (κ1) is 19.7. The number of carbonyl (C=O) groups excluding carboxylic acids is 2. The Balaban J connectivity index is 2.27. The number of benzene rings is 2. The molecule has 2 rings (SSSR count). The maximum atomic E-state index is 12.6. The molecule has 0 saturated carbocycles. The molecule has 1 atom stereocenters. The van der Waals surface area contributed by atoms with Crippen molar-refractivity contribution in [1.82, 2.24) is 10.2 Å². The molecular formula is C20H19N3O4. The van der Waals surface area contributed by atoms with Crippen LogP contribution in [0.4, 0.5) is 0 Å².